The van der Waals surface area contributed by atoms with E-state index in [-0.39, 0.29) is 17.9 Å². The molecule has 0 bridgehead atoms. The van der Waals surface area contributed by atoms with Gasteiger partial charge in [-0.2, -0.15) is 5.10 Å². The molecule has 0 aromatic carbocycles. The Bertz CT molecular complexity index is 470. The lowest BCUT2D eigenvalue weighted by atomic mass is 10.0. The van der Waals surface area contributed by atoms with Gasteiger partial charge in [0, 0.05) is 51.5 Å². The molecule has 1 atom stereocenters. The molecular formula is C15H27N5O. The zero-order valence-electron chi connectivity index (χ0n) is 13.3. The van der Waals surface area contributed by atoms with Gasteiger partial charge in [-0.15, -0.1) is 0 Å². The Kier molecular flexibility index (Phi) is 5.36. The highest BCUT2D eigenvalue weighted by Crippen LogP contribution is 2.11. The zero-order valence-corrected chi connectivity index (χ0v) is 13.3. The summed E-state index contributed by atoms with van der Waals surface area (Å²) in [5, 5.41) is 4.20. The van der Waals surface area contributed by atoms with Crippen LogP contribution < -0.4 is 5.73 Å². The summed E-state index contributed by atoms with van der Waals surface area (Å²) in [4.78, 5) is 16.6. The average Bonchev–Trinajstić information content (AvgIpc) is 2.72. The van der Waals surface area contributed by atoms with Crippen molar-refractivity contribution in [2.45, 2.75) is 32.9 Å². The number of hydrogen-bond donors (Lipinski definition) is 1. The number of aryl methyl sites for hydroxylation is 1. The lowest BCUT2D eigenvalue weighted by Crippen LogP contribution is -2.47. The Morgan fingerprint density at radius 2 is 2.10 bits per heavy atom. The summed E-state index contributed by atoms with van der Waals surface area (Å²) in [7, 11) is 1.93. The summed E-state index contributed by atoms with van der Waals surface area (Å²) in [6.45, 7) is 8.36. The smallest absolute Gasteiger partial charge is 0.239 e. The fourth-order valence-corrected chi connectivity index (χ4v) is 2.66. The Balaban J connectivity index is 1.88. The van der Waals surface area contributed by atoms with Crippen LogP contribution in [0.5, 0.6) is 0 Å². The van der Waals surface area contributed by atoms with Crippen LogP contribution in [0.2, 0.25) is 0 Å². The summed E-state index contributed by atoms with van der Waals surface area (Å²) in [6, 6.07) is -0.380. The second-order valence-electron chi connectivity index (χ2n) is 6.25. The number of hydrogen-bond acceptors (Lipinski definition) is 4. The molecule has 118 valence electrons. The van der Waals surface area contributed by atoms with Crippen molar-refractivity contribution in [3.05, 3.63) is 18.0 Å². The summed E-state index contributed by atoms with van der Waals surface area (Å²) >= 11 is 0. The van der Waals surface area contributed by atoms with Gasteiger partial charge in [-0.05, 0) is 12.3 Å². The molecule has 2 heterocycles. The topological polar surface area (TPSA) is 67.4 Å². The van der Waals surface area contributed by atoms with Gasteiger partial charge >= 0.3 is 0 Å². The first kappa shape index (κ1) is 16.0. The molecule has 2 N–H and O–H groups in total. The molecule has 2 rings (SSSR count). The quantitative estimate of drug-likeness (QED) is 0.874. The van der Waals surface area contributed by atoms with Crippen molar-refractivity contribution < 1.29 is 4.79 Å². The van der Waals surface area contributed by atoms with E-state index in [0.29, 0.717) is 0 Å². The van der Waals surface area contributed by atoms with Crippen molar-refractivity contribution >= 4 is 5.91 Å². The van der Waals surface area contributed by atoms with Gasteiger partial charge in [0.2, 0.25) is 5.91 Å². The van der Waals surface area contributed by atoms with E-state index in [1.165, 1.54) is 5.56 Å². The molecule has 0 aliphatic carbocycles. The molecule has 1 amide bonds. The highest BCUT2D eigenvalue weighted by atomic mass is 16.2. The van der Waals surface area contributed by atoms with E-state index in [1.807, 2.05) is 42.9 Å². The van der Waals surface area contributed by atoms with Crippen LogP contribution >= 0.6 is 0 Å². The van der Waals surface area contributed by atoms with Crippen molar-refractivity contribution in [2.24, 2.45) is 18.7 Å². The molecule has 6 heteroatoms. The van der Waals surface area contributed by atoms with Crippen LogP contribution in [0.15, 0.2) is 12.4 Å². The van der Waals surface area contributed by atoms with Crippen LogP contribution in [-0.4, -0.2) is 57.7 Å². The number of aromatic nitrogens is 2. The van der Waals surface area contributed by atoms with Gasteiger partial charge in [0.15, 0.2) is 0 Å². The van der Waals surface area contributed by atoms with E-state index in [9.17, 15) is 4.79 Å². The molecule has 1 saturated heterocycles. The largest absolute Gasteiger partial charge is 0.340 e. The lowest BCUT2D eigenvalue weighted by molar-refractivity contribution is -0.133. The number of amides is 1. The molecular weight excluding hydrogens is 266 g/mol. The molecule has 0 saturated carbocycles. The van der Waals surface area contributed by atoms with Crippen LogP contribution in [0.4, 0.5) is 0 Å². The van der Waals surface area contributed by atoms with E-state index < -0.39 is 0 Å². The summed E-state index contributed by atoms with van der Waals surface area (Å²) in [5.74, 6) is 0.278. The third-order valence-corrected chi connectivity index (χ3v) is 4.07. The maximum absolute atomic E-state index is 12.3. The highest BCUT2D eigenvalue weighted by Gasteiger charge is 2.25. The van der Waals surface area contributed by atoms with E-state index in [4.69, 9.17) is 5.73 Å². The van der Waals surface area contributed by atoms with Crippen LogP contribution in [0.1, 0.15) is 25.8 Å². The van der Waals surface area contributed by atoms with Crippen LogP contribution in [-0.2, 0) is 18.4 Å². The Hall–Kier alpha value is -1.40. The molecule has 6 nitrogen and oxygen atoms in total. The van der Waals surface area contributed by atoms with Gasteiger partial charge in [-0.3, -0.25) is 14.4 Å². The molecule has 0 spiro atoms. The summed E-state index contributed by atoms with van der Waals surface area (Å²) < 4.78 is 1.82. The van der Waals surface area contributed by atoms with Crippen LogP contribution in [0.3, 0.4) is 0 Å². The van der Waals surface area contributed by atoms with Gasteiger partial charge in [-0.25, -0.2) is 0 Å². The summed E-state index contributed by atoms with van der Waals surface area (Å²) in [5.41, 5.74) is 7.21. The van der Waals surface area contributed by atoms with Gasteiger partial charge < -0.3 is 10.6 Å². The van der Waals surface area contributed by atoms with Crippen molar-refractivity contribution in [2.75, 3.05) is 26.2 Å². The van der Waals surface area contributed by atoms with E-state index in [2.05, 4.69) is 10.00 Å². The molecule has 0 unspecified atom stereocenters. The normalized spacial score (nSPS) is 18.8. The van der Waals surface area contributed by atoms with Crippen LogP contribution in [0, 0.1) is 5.92 Å². The van der Waals surface area contributed by atoms with Gasteiger partial charge in [0.1, 0.15) is 0 Å². The first-order valence-electron chi connectivity index (χ1n) is 7.71. The molecule has 0 radical (unpaired) electrons. The predicted octanol–water partition coefficient (Wildman–Crippen LogP) is 0.438. The first-order chi connectivity index (χ1) is 9.97. The molecule has 1 aromatic rings. The van der Waals surface area contributed by atoms with Crippen molar-refractivity contribution in [1.29, 1.82) is 0 Å². The number of carbonyl (C=O) groups is 1. The van der Waals surface area contributed by atoms with E-state index in [0.717, 1.165) is 39.1 Å². The molecule has 21 heavy (non-hydrogen) atoms. The molecule has 1 aliphatic rings. The Labute approximate surface area is 126 Å². The molecule has 1 aromatic heterocycles. The standard InChI is InChI=1S/C15H27N5O/c1-12(2)14(16)15(21)20-6-4-5-19(7-8-20)11-13-9-17-18(3)10-13/h9-10,12,14H,4-8,11,16H2,1-3H3/t14-/m0/s1. The second kappa shape index (κ2) is 7.04. The van der Waals surface area contributed by atoms with E-state index >= 15 is 0 Å². The maximum atomic E-state index is 12.3. The van der Waals surface area contributed by atoms with Gasteiger partial charge in [0.25, 0.3) is 0 Å². The minimum Gasteiger partial charge on any atom is -0.340 e. The summed E-state index contributed by atoms with van der Waals surface area (Å²) in [6.07, 6.45) is 4.95. The third kappa shape index (κ3) is 4.28. The molecule has 1 aliphatic heterocycles. The molecule has 1 fully saturated rings. The SMILES string of the molecule is CC(C)[C@H](N)C(=O)N1CCCN(Cc2cnn(C)c2)CC1. The lowest BCUT2D eigenvalue weighted by Gasteiger charge is -2.26. The van der Waals surface area contributed by atoms with Gasteiger partial charge in [-0.1, -0.05) is 13.8 Å². The second-order valence-corrected chi connectivity index (χ2v) is 6.25. The number of carbonyl (C=O) groups excluding carboxylic acids is 1. The average molecular weight is 293 g/mol. The predicted molar refractivity (Wildman–Crippen MR) is 82.5 cm³/mol. The fraction of sp³-hybridized carbons (Fsp3) is 0.733. The van der Waals surface area contributed by atoms with E-state index in [1.54, 1.807) is 0 Å². The number of nitrogens with two attached hydrogens (primary N) is 1. The van der Waals surface area contributed by atoms with Gasteiger partial charge in [0.05, 0.1) is 12.2 Å². The Morgan fingerprint density at radius 3 is 2.71 bits per heavy atom. The van der Waals surface area contributed by atoms with Crippen molar-refractivity contribution in [1.82, 2.24) is 19.6 Å². The number of nitrogens with zero attached hydrogens (tertiary/aromatic N) is 4. The Morgan fingerprint density at radius 1 is 1.33 bits per heavy atom. The minimum atomic E-state index is -0.380. The fourth-order valence-electron chi connectivity index (χ4n) is 2.66. The number of rotatable bonds is 4. The van der Waals surface area contributed by atoms with Crippen molar-refractivity contribution in [3.63, 3.8) is 0 Å². The maximum Gasteiger partial charge on any atom is 0.239 e. The zero-order chi connectivity index (χ0) is 15.4. The third-order valence-electron chi connectivity index (χ3n) is 4.07. The first-order valence-corrected chi connectivity index (χ1v) is 7.71. The van der Waals surface area contributed by atoms with Crippen molar-refractivity contribution in [3.8, 4) is 0 Å². The monoisotopic (exact) mass is 293 g/mol. The highest BCUT2D eigenvalue weighted by molar-refractivity contribution is 5.81. The van der Waals surface area contributed by atoms with Crippen LogP contribution in [0.25, 0.3) is 0 Å². The minimum absolute atomic E-state index is 0.0910.